The molecular weight excluding hydrogens is 362 g/mol. The third kappa shape index (κ3) is 4.39. The number of anilines is 1. The summed E-state index contributed by atoms with van der Waals surface area (Å²) < 4.78 is 10.7. The van der Waals surface area contributed by atoms with Crippen molar-refractivity contribution < 1.29 is 19.1 Å². The van der Waals surface area contributed by atoms with Gasteiger partial charge in [-0.3, -0.25) is 4.79 Å². The van der Waals surface area contributed by atoms with Gasteiger partial charge in [0.15, 0.2) is 0 Å². The topological polar surface area (TPSA) is 64.6 Å². The highest BCUT2D eigenvalue weighted by Crippen LogP contribution is 2.37. The van der Waals surface area contributed by atoms with E-state index in [2.05, 4.69) is 31.3 Å². The van der Waals surface area contributed by atoms with E-state index in [0.29, 0.717) is 29.5 Å². The summed E-state index contributed by atoms with van der Waals surface area (Å²) in [5.74, 6) is -0.196. The molecule has 0 aliphatic carbocycles. The van der Waals surface area contributed by atoms with Crippen molar-refractivity contribution in [3.63, 3.8) is 0 Å². The molecule has 0 bridgehead atoms. The number of thiophene rings is 1. The first kappa shape index (κ1) is 19.6. The Bertz CT molecular complexity index is 804. The van der Waals surface area contributed by atoms with E-state index in [0.717, 1.165) is 17.5 Å². The highest BCUT2D eigenvalue weighted by molar-refractivity contribution is 7.15. The number of hydrogen-bond acceptors (Lipinski definition) is 5. The van der Waals surface area contributed by atoms with Gasteiger partial charge >= 0.3 is 5.97 Å². The largest absolute Gasteiger partial charge is 0.462 e. The summed E-state index contributed by atoms with van der Waals surface area (Å²) in [4.78, 5) is 25.0. The molecule has 3 rings (SSSR count). The Hall–Kier alpha value is -2.18. The van der Waals surface area contributed by atoms with Crippen LogP contribution in [0.15, 0.2) is 29.6 Å². The van der Waals surface area contributed by atoms with Gasteiger partial charge in [0.25, 0.3) is 5.91 Å². The molecule has 1 aliphatic heterocycles. The van der Waals surface area contributed by atoms with E-state index < -0.39 is 12.1 Å². The maximum atomic E-state index is 12.6. The van der Waals surface area contributed by atoms with E-state index in [1.165, 1.54) is 16.9 Å². The van der Waals surface area contributed by atoms with Crippen molar-refractivity contribution in [3.8, 4) is 11.1 Å². The maximum absolute atomic E-state index is 12.6. The predicted octanol–water partition coefficient (Wildman–Crippen LogP) is 4.83. The molecule has 0 saturated carbocycles. The average Bonchev–Trinajstić information content (AvgIpc) is 3.32. The molecule has 1 aliphatic rings. The van der Waals surface area contributed by atoms with E-state index in [1.54, 1.807) is 6.92 Å². The summed E-state index contributed by atoms with van der Waals surface area (Å²) in [5, 5.41) is 5.27. The number of hydrogen-bond donors (Lipinski definition) is 1. The fourth-order valence-electron chi connectivity index (χ4n) is 3.09. The van der Waals surface area contributed by atoms with Gasteiger partial charge in [0.2, 0.25) is 0 Å². The van der Waals surface area contributed by atoms with E-state index >= 15 is 0 Å². The van der Waals surface area contributed by atoms with Crippen LogP contribution in [-0.4, -0.2) is 31.2 Å². The minimum absolute atomic E-state index is 0.207. The lowest BCUT2D eigenvalue weighted by Crippen LogP contribution is -2.27. The smallest absolute Gasteiger partial charge is 0.341 e. The van der Waals surface area contributed by atoms with E-state index in [9.17, 15) is 9.59 Å². The molecule has 1 aromatic heterocycles. The quantitative estimate of drug-likeness (QED) is 0.721. The molecule has 27 heavy (non-hydrogen) atoms. The Morgan fingerprint density at radius 3 is 2.63 bits per heavy atom. The van der Waals surface area contributed by atoms with Crippen molar-refractivity contribution >= 4 is 28.2 Å². The number of ether oxygens (including phenoxy) is 2. The molecule has 144 valence electrons. The van der Waals surface area contributed by atoms with Crippen LogP contribution in [0.5, 0.6) is 0 Å². The van der Waals surface area contributed by atoms with Gasteiger partial charge in [0.1, 0.15) is 16.7 Å². The van der Waals surface area contributed by atoms with Crippen LogP contribution in [0.2, 0.25) is 0 Å². The second kappa shape index (κ2) is 8.67. The number of rotatable bonds is 6. The van der Waals surface area contributed by atoms with Crippen LogP contribution >= 0.6 is 11.3 Å². The molecule has 2 heterocycles. The van der Waals surface area contributed by atoms with Gasteiger partial charge in [-0.2, -0.15) is 0 Å². The molecule has 1 fully saturated rings. The molecule has 1 amide bonds. The van der Waals surface area contributed by atoms with Gasteiger partial charge < -0.3 is 14.8 Å². The number of nitrogens with one attached hydrogen (secondary N) is 1. The summed E-state index contributed by atoms with van der Waals surface area (Å²) in [7, 11) is 0. The first-order valence-electron chi connectivity index (χ1n) is 9.32. The first-order chi connectivity index (χ1) is 13.0. The molecule has 1 atom stereocenters. The fourth-order valence-corrected chi connectivity index (χ4v) is 4.05. The van der Waals surface area contributed by atoms with Crippen molar-refractivity contribution in [1.82, 2.24) is 0 Å². The minimum atomic E-state index is -0.448. The average molecular weight is 388 g/mol. The molecule has 0 spiro atoms. The third-order valence-electron chi connectivity index (χ3n) is 4.62. The zero-order valence-corrected chi connectivity index (χ0v) is 16.7. The standard InChI is InChI=1S/C21H25NO4S/c1-4-25-21(24)18-16(15-9-7-14(8-10-15)13(2)3)12-27-20(18)22-19(23)17-6-5-11-26-17/h7-10,12-13,17H,4-6,11H2,1-3H3,(H,22,23)/t17-/m0/s1. The van der Waals surface area contributed by atoms with Crippen molar-refractivity contribution in [1.29, 1.82) is 0 Å². The van der Waals surface area contributed by atoms with Crippen molar-refractivity contribution in [2.24, 2.45) is 0 Å². The summed E-state index contributed by atoms with van der Waals surface area (Å²) in [6.07, 6.45) is 1.13. The lowest BCUT2D eigenvalue weighted by molar-refractivity contribution is -0.124. The van der Waals surface area contributed by atoms with E-state index in [-0.39, 0.29) is 12.5 Å². The first-order valence-corrected chi connectivity index (χ1v) is 10.2. The lowest BCUT2D eigenvalue weighted by Gasteiger charge is -2.12. The van der Waals surface area contributed by atoms with Crippen LogP contribution in [-0.2, 0) is 14.3 Å². The third-order valence-corrected chi connectivity index (χ3v) is 5.51. The van der Waals surface area contributed by atoms with Gasteiger partial charge in [0.05, 0.1) is 6.61 Å². The molecule has 1 aromatic carbocycles. The second-order valence-electron chi connectivity index (χ2n) is 6.84. The fraction of sp³-hybridized carbons (Fsp3) is 0.429. The molecule has 6 heteroatoms. The molecule has 0 unspecified atom stereocenters. The number of esters is 1. The van der Waals surface area contributed by atoms with Crippen LogP contribution in [0, 0.1) is 0 Å². The minimum Gasteiger partial charge on any atom is -0.462 e. The molecule has 0 radical (unpaired) electrons. The molecular formula is C21H25NO4S. The van der Waals surface area contributed by atoms with E-state index in [1.807, 2.05) is 17.5 Å². The maximum Gasteiger partial charge on any atom is 0.341 e. The predicted molar refractivity (Wildman–Crippen MR) is 107 cm³/mol. The number of benzene rings is 1. The molecule has 2 aromatic rings. The highest BCUT2D eigenvalue weighted by atomic mass is 32.1. The summed E-state index contributed by atoms with van der Waals surface area (Å²) in [5.41, 5.74) is 3.34. The normalized spacial score (nSPS) is 16.5. The zero-order chi connectivity index (χ0) is 19.4. The summed E-state index contributed by atoms with van der Waals surface area (Å²) >= 11 is 1.33. The lowest BCUT2D eigenvalue weighted by atomic mass is 9.98. The number of carbonyl (C=O) groups excluding carboxylic acids is 2. The Morgan fingerprint density at radius 1 is 1.30 bits per heavy atom. The van der Waals surface area contributed by atoms with Crippen LogP contribution < -0.4 is 5.32 Å². The SMILES string of the molecule is CCOC(=O)c1c(-c2ccc(C(C)C)cc2)csc1NC(=O)[C@@H]1CCCO1. The van der Waals surface area contributed by atoms with Crippen LogP contribution in [0.4, 0.5) is 5.00 Å². The van der Waals surface area contributed by atoms with Gasteiger partial charge in [-0.15, -0.1) is 11.3 Å². The van der Waals surface area contributed by atoms with Crippen LogP contribution in [0.3, 0.4) is 0 Å². The van der Waals surface area contributed by atoms with Gasteiger partial charge in [-0.1, -0.05) is 38.1 Å². The van der Waals surface area contributed by atoms with Gasteiger partial charge in [-0.05, 0) is 36.8 Å². The number of carbonyl (C=O) groups is 2. The summed E-state index contributed by atoms with van der Waals surface area (Å²) in [6, 6.07) is 8.14. The van der Waals surface area contributed by atoms with Crippen LogP contribution in [0.25, 0.3) is 11.1 Å². The van der Waals surface area contributed by atoms with Crippen molar-refractivity contribution in [2.75, 3.05) is 18.5 Å². The number of amides is 1. The zero-order valence-electron chi connectivity index (χ0n) is 15.9. The Balaban J connectivity index is 1.92. The van der Waals surface area contributed by atoms with Gasteiger partial charge in [-0.25, -0.2) is 4.79 Å². The van der Waals surface area contributed by atoms with Crippen LogP contribution in [0.1, 0.15) is 55.5 Å². The summed E-state index contributed by atoms with van der Waals surface area (Å²) in [6.45, 7) is 6.93. The van der Waals surface area contributed by atoms with Gasteiger partial charge in [0, 0.05) is 17.6 Å². The molecule has 1 saturated heterocycles. The highest BCUT2D eigenvalue weighted by Gasteiger charge is 2.27. The molecule has 1 N–H and O–H groups in total. The Morgan fingerprint density at radius 2 is 2.04 bits per heavy atom. The second-order valence-corrected chi connectivity index (χ2v) is 7.72. The van der Waals surface area contributed by atoms with Crippen molar-refractivity contribution in [3.05, 3.63) is 40.8 Å². The Labute approximate surface area is 163 Å². The van der Waals surface area contributed by atoms with E-state index in [4.69, 9.17) is 9.47 Å². The molecule has 5 nitrogen and oxygen atoms in total. The van der Waals surface area contributed by atoms with Crippen molar-refractivity contribution in [2.45, 2.75) is 45.6 Å². The Kier molecular flexibility index (Phi) is 6.29. The monoisotopic (exact) mass is 387 g/mol.